The molecule has 140 valence electrons. The summed E-state index contributed by atoms with van der Waals surface area (Å²) in [4.78, 5) is 14.0. The van der Waals surface area contributed by atoms with E-state index in [2.05, 4.69) is 10.00 Å². The van der Waals surface area contributed by atoms with Gasteiger partial charge in [-0.3, -0.25) is 14.4 Å². The van der Waals surface area contributed by atoms with Gasteiger partial charge in [0.05, 0.1) is 26.3 Å². The molecule has 0 bridgehead atoms. The summed E-state index contributed by atoms with van der Waals surface area (Å²) in [6.07, 6.45) is 3.86. The topological polar surface area (TPSA) is 76.8 Å². The molecule has 7 heteroatoms. The van der Waals surface area contributed by atoms with Crippen LogP contribution in [0.3, 0.4) is 0 Å². The fourth-order valence-corrected chi connectivity index (χ4v) is 3.70. The average Bonchev–Trinajstić information content (AvgIpc) is 3.28. The van der Waals surface area contributed by atoms with E-state index in [1.165, 1.54) is 0 Å². The molecule has 0 unspecified atom stereocenters. The van der Waals surface area contributed by atoms with Crippen molar-refractivity contribution in [3.63, 3.8) is 0 Å². The molecule has 1 aromatic heterocycles. The van der Waals surface area contributed by atoms with Gasteiger partial charge in [0.1, 0.15) is 0 Å². The highest BCUT2D eigenvalue weighted by atomic mass is 16.5. The molecule has 2 aromatic rings. The van der Waals surface area contributed by atoms with E-state index in [-0.39, 0.29) is 5.92 Å². The first kappa shape index (κ1) is 18.3. The molecule has 1 aliphatic heterocycles. The van der Waals surface area contributed by atoms with Gasteiger partial charge in [-0.25, -0.2) is 0 Å². The number of aryl methyl sites for hydroxylation is 1. The van der Waals surface area contributed by atoms with E-state index < -0.39 is 11.9 Å². The van der Waals surface area contributed by atoms with Crippen LogP contribution >= 0.6 is 0 Å². The monoisotopic (exact) mass is 359 g/mol. The van der Waals surface area contributed by atoms with E-state index in [1.807, 2.05) is 42.2 Å². The van der Waals surface area contributed by atoms with Gasteiger partial charge in [0.2, 0.25) is 0 Å². The Morgan fingerprint density at radius 1 is 1.31 bits per heavy atom. The first-order valence-electron chi connectivity index (χ1n) is 8.74. The quantitative estimate of drug-likeness (QED) is 0.817. The second-order valence-corrected chi connectivity index (χ2v) is 6.53. The molecule has 1 aromatic carbocycles. The summed E-state index contributed by atoms with van der Waals surface area (Å²) in [5.74, 6) is -0.189. The Bertz CT molecular complexity index is 774. The molecule has 0 saturated carbocycles. The van der Waals surface area contributed by atoms with Crippen LogP contribution in [0.4, 0.5) is 0 Å². The highest BCUT2D eigenvalue weighted by Crippen LogP contribution is 2.42. The standard InChI is InChI=1S/C19H25N3O4/c1-4-22-10-13(8-20-22)9-21-11-15(16(12-21)19(23)24)14-6-5-7-17(25-2)18(14)26-3/h5-8,10,15-16H,4,9,11-12H2,1-3H3,(H,23,24)/t15-,16+/m0/s1. The van der Waals surface area contributed by atoms with Crippen LogP contribution in [0, 0.1) is 5.92 Å². The minimum atomic E-state index is -0.786. The molecule has 7 nitrogen and oxygen atoms in total. The highest BCUT2D eigenvalue weighted by Gasteiger charge is 2.40. The third-order valence-corrected chi connectivity index (χ3v) is 4.96. The Morgan fingerprint density at radius 2 is 2.12 bits per heavy atom. The number of rotatable bonds is 7. The molecule has 0 radical (unpaired) electrons. The summed E-state index contributed by atoms with van der Waals surface area (Å²) in [6.45, 7) is 4.70. The van der Waals surface area contributed by atoms with Crippen molar-refractivity contribution in [2.45, 2.75) is 25.9 Å². The largest absolute Gasteiger partial charge is 0.493 e. The molecule has 0 aliphatic carbocycles. The van der Waals surface area contributed by atoms with Crippen LogP contribution < -0.4 is 9.47 Å². The number of methoxy groups -OCH3 is 2. The predicted molar refractivity (Wildman–Crippen MR) is 96.6 cm³/mol. The maximum Gasteiger partial charge on any atom is 0.308 e. The van der Waals surface area contributed by atoms with Gasteiger partial charge in [-0.1, -0.05) is 12.1 Å². The molecular weight excluding hydrogens is 334 g/mol. The number of aliphatic carboxylic acids is 1. The number of benzene rings is 1. The van der Waals surface area contributed by atoms with Gasteiger partial charge in [0, 0.05) is 49.4 Å². The van der Waals surface area contributed by atoms with Gasteiger partial charge in [0.15, 0.2) is 11.5 Å². The Kier molecular flexibility index (Phi) is 5.46. The predicted octanol–water partition coefficient (Wildman–Crippen LogP) is 2.22. The summed E-state index contributed by atoms with van der Waals surface area (Å²) in [7, 11) is 3.17. The number of carboxylic acids is 1. The fraction of sp³-hybridized carbons (Fsp3) is 0.474. The zero-order valence-corrected chi connectivity index (χ0v) is 15.4. The number of hydrogen-bond donors (Lipinski definition) is 1. The molecule has 1 fully saturated rings. The summed E-state index contributed by atoms with van der Waals surface area (Å²) in [6, 6.07) is 5.63. The number of aromatic nitrogens is 2. The molecule has 1 aliphatic rings. The van der Waals surface area contributed by atoms with Crippen molar-refractivity contribution in [3.05, 3.63) is 41.7 Å². The van der Waals surface area contributed by atoms with E-state index in [0.29, 0.717) is 31.1 Å². The Hall–Kier alpha value is -2.54. The van der Waals surface area contributed by atoms with Crippen molar-refractivity contribution in [2.75, 3.05) is 27.3 Å². The first-order chi connectivity index (χ1) is 12.6. The molecular formula is C19H25N3O4. The van der Waals surface area contributed by atoms with Crippen LogP contribution in [0.25, 0.3) is 0 Å². The fourth-order valence-electron chi connectivity index (χ4n) is 3.70. The number of carboxylic acid groups (broad SMARTS) is 1. The lowest BCUT2D eigenvalue weighted by atomic mass is 9.88. The number of nitrogens with zero attached hydrogens (tertiary/aromatic N) is 3. The lowest BCUT2D eigenvalue weighted by Gasteiger charge is -2.20. The van der Waals surface area contributed by atoms with E-state index in [1.54, 1.807) is 14.2 Å². The second kappa shape index (κ2) is 7.78. The van der Waals surface area contributed by atoms with Crippen molar-refractivity contribution in [1.29, 1.82) is 0 Å². The average molecular weight is 359 g/mol. The van der Waals surface area contributed by atoms with Crippen LogP contribution in [0.1, 0.15) is 24.0 Å². The van der Waals surface area contributed by atoms with Crippen LogP contribution in [-0.4, -0.2) is 53.1 Å². The minimum absolute atomic E-state index is 0.154. The number of likely N-dealkylation sites (tertiary alicyclic amines) is 1. The highest BCUT2D eigenvalue weighted by molar-refractivity contribution is 5.73. The number of ether oxygens (including phenoxy) is 2. The van der Waals surface area contributed by atoms with Crippen LogP contribution in [0.5, 0.6) is 11.5 Å². The zero-order chi connectivity index (χ0) is 18.7. The molecule has 26 heavy (non-hydrogen) atoms. The molecule has 1 saturated heterocycles. The van der Waals surface area contributed by atoms with Crippen molar-refractivity contribution >= 4 is 5.97 Å². The zero-order valence-electron chi connectivity index (χ0n) is 15.4. The van der Waals surface area contributed by atoms with Crippen molar-refractivity contribution < 1.29 is 19.4 Å². The first-order valence-corrected chi connectivity index (χ1v) is 8.74. The van der Waals surface area contributed by atoms with Gasteiger partial charge in [-0.05, 0) is 13.0 Å². The van der Waals surface area contributed by atoms with Crippen molar-refractivity contribution in [3.8, 4) is 11.5 Å². The van der Waals surface area contributed by atoms with Crippen LogP contribution in [0.15, 0.2) is 30.6 Å². The van der Waals surface area contributed by atoms with E-state index >= 15 is 0 Å². The normalized spacial score (nSPS) is 20.3. The maximum absolute atomic E-state index is 11.9. The second-order valence-electron chi connectivity index (χ2n) is 6.53. The minimum Gasteiger partial charge on any atom is -0.493 e. The molecule has 2 heterocycles. The Labute approximate surface area is 153 Å². The summed E-state index contributed by atoms with van der Waals surface area (Å²) in [5, 5.41) is 14.0. The van der Waals surface area contributed by atoms with Gasteiger partial charge in [0.25, 0.3) is 0 Å². The van der Waals surface area contributed by atoms with Gasteiger partial charge >= 0.3 is 5.97 Å². The van der Waals surface area contributed by atoms with Gasteiger partial charge < -0.3 is 14.6 Å². The van der Waals surface area contributed by atoms with Crippen molar-refractivity contribution in [1.82, 2.24) is 14.7 Å². The Morgan fingerprint density at radius 3 is 2.73 bits per heavy atom. The lowest BCUT2D eigenvalue weighted by Crippen LogP contribution is -2.23. The summed E-state index contributed by atoms with van der Waals surface area (Å²) >= 11 is 0. The lowest BCUT2D eigenvalue weighted by molar-refractivity contribution is -0.141. The maximum atomic E-state index is 11.9. The SMILES string of the molecule is CCn1cc(CN2C[C@@H](C(=O)O)[C@H](c3cccc(OC)c3OC)C2)cn1. The number of carbonyl (C=O) groups is 1. The molecule has 2 atom stereocenters. The van der Waals surface area contributed by atoms with Crippen molar-refractivity contribution in [2.24, 2.45) is 5.92 Å². The third-order valence-electron chi connectivity index (χ3n) is 4.96. The van der Waals surface area contributed by atoms with E-state index in [9.17, 15) is 9.90 Å². The smallest absolute Gasteiger partial charge is 0.308 e. The van der Waals surface area contributed by atoms with Gasteiger partial charge in [-0.15, -0.1) is 0 Å². The molecule has 0 spiro atoms. The molecule has 0 amide bonds. The number of para-hydroxylation sites is 1. The summed E-state index contributed by atoms with van der Waals surface area (Å²) < 4.78 is 12.8. The molecule has 1 N–H and O–H groups in total. The number of hydrogen-bond acceptors (Lipinski definition) is 5. The Balaban J connectivity index is 1.85. The van der Waals surface area contributed by atoms with Crippen LogP contribution in [-0.2, 0) is 17.9 Å². The van der Waals surface area contributed by atoms with E-state index in [0.717, 1.165) is 17.7 Å². The molecule has 3 rings (SSSR count). The van der Waals surface area contributed by atoms with E-state index in [4.69, 9.17) is 9.47 Å². The summed E-state index contributed by atoms with van der Waals surface area (Å²) in [5.41, 5.74) is 1.97. The van der Waals surface area contributed by atoms with Gasteiger partial charge in [-0.2, -0.15) is 5.10 Å². The van der Waals surface area contributed by atoms with Crippen LogP contribution in [0.2, 0.25) is 0 Å². The third kappa shape index (κ3) is 3.53.